The molecule has 1 unspecified atom stereocenters. The summed E-state index contributed by atoms with van der Waals surface area (Å²) in [4.78, 5) is 5.28. The molecule has 0 aliphatic carbocycles. The summed E-state index contributed by atoms with van der Waals surface area (Å²) in [5.41, 5.74) is 3.81. The molecule has 72 valence electrons. The van der Waals surface area contributed by atoms with Crippen LogP contribution in [0, 0.1) is 6.92 Å². The van der Waals surface area contributed by atoms with E-state index < -0.39 is 0 Å². The molecule has 0 aliphatic rings. The van der Waals surface area contributed by atoms with Crippen LogP contribution in [-0.4, -0.2) is 17.8 Å². The number of hydrogen-bond donors (Lipinski definition) is 2. The molecule has 1 aromatic carbocycles. The fourth-order valence-corrected chi connectivity index (χ4v) is 0.872. The highest BCUT2D eigenvalue weighted by Gasteiger charge is 2.01. The van der Waals surface area contributed by atoms with E-state index in [1.54, 1.807) is 0 Å². The van der Waals surface area contributed by atoms with Gasteiger partial charge in [-0.05, 0) is 25.5 Å². The Bertz CT molecular complexity index is 263. The number of aliphatic hydroxyl groups is 1. The van der Waals surface area contributed by atoms with Crippen LogP contribution in [0.15, 0.2) is 24.3 Å². The van der Waals surface area contributed by atoms with Gasteiger partial charge in [0.2, 0.25) is 0 Å². The van der Waals surface area contributed by atoms with Gasteiger partial charge in [-0.15, -0.1) is 0 Å². The second-order valence-electron chi connectivity index (χ2n) is 3.07. The minimum atomic E-state index is -0.0559. The van der Waals surface area contributed by atoms with Gasteiger partial charge in [0.05, 0.1) is 12.6 Å². The quantitative estimate of drug-likeness (QED) is 0.687. The average molecular weight is 181 g/mol. The maximum atomic E-state index is 8.74. The SMILES string of the molecule is Cc1ccccc1ONC(C)CO. The Morgan fingerprint density at radius 2 is 2.15 bits per heavy atom. The van der Waals surface area contributed by atoms with E-state index in [4.69, 9.17) is 9.94 Å². The number of benzene rings is 1. The largest absolute Gasteiger partial charge is 0.408 e. The fraction of sp³-hybridized carbons (Fsp3) is 0.400. The van der Waals surface area contributed by atoms with Gasteiger partial charge in [-0.3, -0.25) is 0 Å². The van der Waals surface area contributed by atoms with Crippen LogP contribution in [-0.2, 0) is 0 Å². The lowest BCUT2D eigenvalue weighted by Gasteiger charge is -2.12. The van der Waals surface area contributed by atoms with E-state index in [-0.39, 0.29) is 12.6 Å². The average Bonchev–Trinajstić information content (AvgIpc) is 2.16. The zero-order chi connectivity index (χ0) is 9.68. The second kappa shape index (κ2) is 4.84. The highest BCUT2D eigenvalue weighted by molar-refractivity contribution is 5.31. The molecule has 3 heteroatoms. The molecule has 1 aromatic rings. The zero-order valence-electron chi connectivity index (χ0n) is 7.95. The van der Waals surface area contributed by atoms with E-state index in [1.807, 2.05) is 38.1 Å². The Morgan fingerprint density at radius 1 is 1.46 bits per heavy atom. The predicted octanol–water partition coefficient (Wildman–Crippen LogP) is 1.26. The summed E-state index contributed by atoms with van der Waals surface area (Å²) in [6.45, 7) is 3.88. The monoisotopic (exact) mass is 181 g/mol. The standard InChI is InChI=1S/C10H15NO2/c1-8-5-3-4-6-10(8)13-11-9(2)7-12/h3-6,9,11-12H,7H2,1-2H3. The van der Waals surface area contributed by atoms with Gasteiger partial charge in [0.25, 0.3) is 0 Å². The molecule has 0 saturated carbocycles. The third kappa shape index (κ3) is 3.05. The van der Waals surface area contributed by atoms with Crippen molar-refractivity contribution >= 4 is 0 Å². The molecule has 0 spiro atoms. The van der Waals surface area contributed by atoms with Crippen molar-refractivity contribution < 1.29 is 9.94 Å². The Hall–Kier alpha value is -1.06. The lowest BCUT2D eigenvalue weighted by atomic mass is 10.2. The Labute approximate surface area is 78.3 Å². The van der Waals surface area contributed by atoms with Crippen LogP contribution < -0.4 is 10.3 Å². The predicted molar refractivity (Wildman–Crippen MR) is 51.5 cm³/mol. The summed E-state index contributed by atoms with van der Waals surface area (Å²) in [5.74, 6) is 0.794. The van der Waals surface area contributed by atoms with Crippen molar-refractivity contribution in [3.05, 3.63) is 29.8 Å². The van der Waals surface area contributed by atoms with Gasteiger partial charge >= 0.3 is 0 Å². The number of aliphatic hydroxyl groups excluding tert-OH is 1. The highest BCUT2D eigenvalue weighted by atomic mass is 16.6. The summed E-state index contributed by atoms with van der Waals surface area (Å²) in [5, 5.41) is 8.74. The topological polar surface area (TPSA) is 41.5 Å². The van der Waals surface area contributed by atoms with E-state index in [9.17, 15) is 0 Å². The fourth-order valence-electron chi connectivity index (χ4n) is 0.872. The lowest BCUT2D eigenvalue weighted by Crippen LogP contribution is -2.32. The van der Waals surface area contributed by atoms with Crippen LogP contribution in [0.5, 0.6) is 5.75 Å². The van der Waals surface area contributed by atoms with Gasteiger partial charge < -0.3 is 9.94 Å². The third-order valence-corrected chi connectivity index (χ3v) is 1.74. The van der Waals surface area contributed by atoms with Crippen molar-refractivity contribution in [1.29, 1.82) is 0 Å². The Kier molecular flexibility index (Phi) is 3.73. The van der Waals surface area contributed by atoms with Crippen LogP contribution >= 0.6 is 0 Å². The van der Waals surface area contributed by atoms with Crippen LogP contribution in [0.4, 0.5) is 0 Å². The number of rotatable bonds is 4. The molecule has 0 aromatic heterocycles. The van der Waals surface area contributed by atoms with Crippen LogP contribution in [0.2, 0.25) is 0 Å². The lowest BCUT2D eigenvalue weighted by molar-refractivity contribution is 0.120. The van der Waals surface area contributed by atoms with E-state index in [1.165, 1.54) is 0 Å². The number of nitrogens with one attached hydrogen (secondary N) is 1. The highest BCUT2D eigenvalue weighted by Crippen LogP contribution is 2.14. The second-order valence-corrected chi connectivity index (χ2v) is 3.07. The van der Waals surface area contributed by atoms with Crippen LogP contribution in [0.1, 0.15) is 12.5 Å². The molecule has 1 rings (SSSR count). The molecule has 0 saturated heterocycles. The molecule has 2 N–H and O–H groups in total. The molecule has 0 fully saturated rings. The van der Waals surface area contributed by atoms with E-state index in [0.29, 0.717) is 0 Å². The molecule has 3 nitrogen and oxygen atoms in total. The molecule has 0 bridgehead atoms. The maximum Gasteiger partial charge on any atom is 0.150 e. The Morgan fingerprint density at radius 3 is 2.77 bits per heavy atom. The van der Waals surface area contributed by atoms with Crippen molar-refractivity contribution in [3.63, 3.8) is 0 Å². The normalized spacial score (nSPS) is 12.5. The molecular formula is C10H15NO2. The molecule has 0 aliphatic heterocycles. The van der Waals surface area contributed by atoms with Gasteiger partial charge in [-0.25, -0.2) is 0 Å². The molecule has 0 radical (unpaired) electrons. The third-order valence-electron chi connectivity index (χ3n) is 1.74. The van der Waals surface area contributed by atoms with Crippen LogP contribution in [0.3, 0.4) is 0 Å². The van der Waals surface area contributed by atoms with E-state index >= 15 is 0 Å². The first-order valence-corrected chi connectivity index (χ1v) is 4.33. The van der Waals surface area contributed by atoms with E-state index in [2.05, 4.69) is 5.48 Å². The summed E-state index contributed by atoms with van der Waals surface area (Å²) in [7, 11) is 0. The maximum absolute atomic E-state index is 8.74. The van der Waals surface area contributed by atoms with Gasteiger partial charge in [0.15, 0.2) is 0 Å². The summed E-state index contributed by atoms with van der Waals surface area (Å²) in [6.07, 6.45) is 0. The Balaban J connectivity index is 2.50. The molecular weight excluding hydrogens is 166 g/mol. The van der Waals surface area contributed by atoms with Crippen molar-refractivity contribution in [2.75, 3.05) is 6.61 Å². The minimum absolute atomic E-state index is 0.0559. The minimum Gasteiger partial charge on any atom is -0.408 e. The molecule has 1 atom stereocenters. The summed E-state index contributed by atoms with van der Waals surface area (Å²) in [6, 6.07) is 7.66. The van der Waals surface area contributed by atoms with Crippen LogP contribution in [0.25, 0.3) is 0 Å². The van der Waals surface area contributed by atoms with Gasteiger partial charge in [0.1, 0.15) is 5.75 Å². The first-order valence-electron chi connectivity index (χ1n) is 4.33. The van der Waals surface area contributed by atoms with E-state index in [0.717, 1.165) is 11.3 Å². The smallest absolute Gasteiger partial charge is 0.150 e. The molecule has 13 heavy (non-hydrogen) atoms. The number of aryl methyl sites for hydroxylation is 1. The number of para-hydroxylation sites is 1. The van der Waals surface area contributed by atoms with Crippen molar-refractivity contribution in [1.82, 2.24) is 5.48 Å². The van der Waals surface area contributed by atoms with Crippen molar-refractivity contribution in [2.24, 2.45) is 0 Å². The van der Waals surface area contributed by atoms with Gasteiger partial charge in [-0.2, -0.15) is 5.48 Å². The first kappa shape index (κ1) is 10.0. The summed E-state index contributed by atoms with van der Waals surface area (Å²) >= 11 is 0. The number of hydrogen-bond acceptors (Lipinski definition) is 3. The van der Waals surface area contributed by atoms with Crippen molar-refractivity contribution in [2.45, 2.75) is 19.9 Å². The zero-order valence-corrected chi connectivity index (χ0v) is 7.95. The molecule has 0 heterocycles. The van der Waals surface area contributed by atoms with Gasteiger partial charge in [-0.1, -0.05) is 18.2 Å². The van der Waals surface area contributed by atoms with Crippen molar-refractivity contribution in [3.8, 4) is 5.75 Å². The first-order chi connectivity index (χ1) is 6.24. The summed E-state index contributed by atoms with van der Waals surface area (Å²) < 4.78 is 0. The molecule has 0 amide bonds. The van der Waals surface area contributed by atoms with Gasteiger partial charge in [0, 0.05) is 0 Å². The number of hydroxylamine groups is 1.